The van der Waals surface area contributed by atoms with E-state index in [9.17, 15) is 24.4 Å². The summed E-state index contributed by atoms with van der Waals surface area (Å²) >= 11 is 1.32. The third kappa shape index (κ3) is 2.78. The van der Waals surface area contributed by atoms with Gasteiger partial charge < -0.3 is 11.1 Å². The number of benzene rings is 1. The largest absolute Gasteiger partial charge is 0.370 e. The normalized spacial score (nSPS) is 28.2. The standard InChI is InChI=1S/C26H25N5O4S/c1-11-7-8-15-21(12(11)2)29-25(35)26(15)20-19(16(30-26)9-18(28)32)22(33)31(23(20)34)24-14(10-27)13-5-3-4-6-17(13)36-24/h7-8,16,19-20,30H,3-6,9H2,1-2H3,(H2,28,32)(H,29,35)/t16-,19+,20-,26-/m0/s1. The number of nitrogens with zero attached hydrogens (tertiary/aromatic N) is 2. The monoisotopic (exact) mass is 503 g/mol. The summed E-state index contributed by atoms with van der Waals surface area (Å²) in [6.45, 7) is 3.82. The number of imide groups is 1. The summed E-state index contributed by atoms with van der Waals surface area (Å²) in [6, 6.07) is 5.11. The van der Waals surface area contributed by atoms with Gasteiger partial charge >= 0.3 is 0 Å². The molecular weight excluding hydrogens is 478 g/mol. The average Bonchev–Trinajstić information content (AvgIpc) is 3.52. The minimum atomic E-state index is -1.51. The molecule has 0 radical (unpaired) electrons. The molecule has 184 valence electrons. The van der Waals surface area contributed by atoms with Crippen LogP contribution in [0.1, 0.15) is 52.0 Å². The molecule has 0 bridgehead atoms. The van der Waals surface area contributed by atoms with Crippen LogP contribution in [0, 0.1) is 37.0 Å². The van der Waals surface area contributed by atoms with Crippen LogP contribution in [0.5, 0.6) is 0 Å². The molecule has 4 N–H and O–H groups in total. The minimum absolute atomic E-state index is 0.199. The Kier molecular flexibility index (Phi) is 4.91. The first-order valence-corrected chi connectivity index (χ1v) is 12.9. The van der Waals surface area contributed by atoms with Crippen molar-refractivity contribution in [3.05, 3.63) is 44.8 Å². The molecule has 1 aromatic carbocycles. The molecule has 2 saturated heterocycles. The van der Waals surface area contributed by atoms with Crippen LogP contribution in [-0.2, 0) is 37.6 Å². The summed E-state index contributed by atoms with van der Waals surface area (Å²) in [5.74, 6) is -4.12. The van der Waals surface area contributed by atoms with Crippen molar-refractivity contribution in [1.82, 2.24) is 5.32 Å². The summed E-state index contributed by atoms with van der Waals surface area (Å²) in [5.41, 5.74) is 8.36. The fraction of sp³-hybridized carbons (Fsp3) is 0.423. The number of amides is 4. The fourth-order valence-electron chi connectivity index (χ4n) is 6.54. The third-order valence-corrected chi connectivity index (χ3v) is 9.59. The summed E-state index contributed by atoms with van der Waals surface area (Å²) < 4.78 is 0. The van der Waals surface area contributed by atoms with Gasteiger partial charge in [0.1, 0.15) is 16.6 Å². The fourth-order valence-corrected chi connectivity index (χ4v) is 7.88. The van der Waals surface area contributed by atoms with Crippen molar-refractivity contribution in [1.29, 1.82) is 5.26 Å². The maximum absolute atomic E-state index is 14.1. The van der Waals surface area contributed by atoms with Crippen LogP contribution < -0.4 is 21.3 Å². The van der Waals surface area contributed by atoms with Crippen LogP contribution >= 0.6 is 11.3 Å². The first kappa shape index (κ1) is 22.9. The number of nitrogens with two attached hydrogens (primary N) is 1. The van der Waals surface area contributed by atoms with E-state index in [0.717, 1.165) is 52.2 Å². The Morgan fingerprint density at radius 3 is 2.69 bits per heavy atom. The molecule has 4 aliphatic rings. The van der Waals surface area contributed by atoms with Gasteiger partial charge in [-0.15, -0.1) is 11.3 Å². The van der Waals surface area contributed by atoms with Crippen molar-refractivity contribution in [3.63, 3.8) is 0 Å². The number of aryl methyl sites for hydroxylation is 2. The van der Waals surface area contributed by atoms with E-state index in [1.807, 2.05) is 19.9 Å². The van der Waals surface area contributed by atoms with E-state index in [1.54, 1.807) is 6.07 Å². The van der Waals surface area contributed by atoms with Gasteiger partial charge in [0.2, 0.25) is 23.6 Å². The zero-order valence-electron chi connectivity index (χ0n) is 19.9. The van der Waals surface area contributed by atoms with Crippen molar-refractivity contribution in [2.24, 2.45) is 17.6 Å². The van der Waals surface area contributed by atoms with Crippen LogP contribution in [0.15, 0.2) is 12.1 Å². The topological polar surface area (TPSA) is 145 Å². The lowest BCUT2D eigenvalue weighted by Gasteiger charge is -2.29. The first-order valence-electron chi connectivity index (χ1n) is 12.1. The maximum atomic E-state index is 14.1. The van der Waals surface area contributed by atoms with Crippen LogP contribution in [-0.4, -0.2) is 29.7 Å². The van der Waals surface area contributed by atoms with E-state index in [-0.39, 0.29) is 6.42 Å². The van der Waals surface area contributed by atoms with Crippen LogP contribution in [0.25, 0.3) is 0 Å². The Morgan fingerprint density at radius 2 is 1.97 bits per heavy atom. The highest BCUT2D eigenvalue weighted by Gasteiger charge is 2.71. The van der Waals surface area contributed by atoms with Crippen LogP contribution in [0.4, 0.5) is 10.7 Å². The average molecular weight is 504 g/mol. The molecule has 36 heavy (non-hydrogen) atoms. The van der Waals surface area contributed by atoms with Gasteiger partial charge in [-0.2, -0.15) is 5.26 Å². The molecule has 0 unspecified atom stereocenters. The molecule has 4 heterocycles. The van der Waals surface area contributed by atoms with Gasteiger partial charge in [0.15, 0.2) is 0 Å². The molecule has 3 aliphatic heterocycles. The second-order valence-corrected chi connectivity index (χ2v) is 11.2. The van der Waals surface area contributed by atoms with Crippen molar-refractivity contribution in [2.75, 3.05) is 10.2 Å². The van der Waals surface area contributed by atoms with Gasteiger partial charge in [0.25, 0.3) is 0 Å². The molecule has 10 heteroatoms. The number of primary amides is 1. The predicted octanol–water partition coefficient (Wildman–Crippen LogP) is 1.92. The van der Waals surface area contributed by atoms with Gasteiger partial charge in [-0.05, 0) is 56.2 Å². The second kappa shape index (κ2) is 7.72. The first-order chi connectivity index (χ1) is 17.2. The van der Waals surface area contributed by atoms with Gasteiger partial charge in [-0.1, -0.05) is 12.1 Å². The van der Waals surface area contributed by atoms with Crippen molar-refractivity contribution >= 4 is 45.7 Å². The molecule has 1 aliphatic carbocycles. The number of fused-ring (bicyclic) bond motifs is 5. The number of anilines is 2. The zero-order chi connectivity index (χ0) is 25.5. The number of carbonyl (C=O) groups excluding carboxylic acids is 4. The van der Waals surface area contributed by atoms with Gasteiger partial charge in [0, 0.05) is 28.6 Å². The van der Waals surface area contributed by atoms with E-state index in [4.69, 9.17) is 5.73 Å². The zero-order valence-corrected chi connectivity index (χ0v) is 20.8. The smallest absolute Gasteiger partial charge is 0.250 e. The number of nitriles is 1. The SMILES string of the molecule is Cc1ccc2c(c1C)NC(=O)[C@]21N[C@@H](CC(N)=O)[C@H]2C(=O)N(c3sc4c(c3C#N)CCCC4)C(=O)[C@H]21. The number of thiophene rings is 1. The van der Waals surface area contributed by atoms with Gasteiger partial charge in [0.05, 0.1) is 17.4 Å². The Hall–Kier alpha value is -3.55. The van der Waals surface area contributed by atoms with E-state index < -0.39 is 47.0 Å². The third-order valence-electron chi connectivity index (χ3n) is 8.31. The Labute approximate surface area is 211 Å². The Balaban J connectivity index is 1.53. The molecule has 4 atom stereocenters. The molecule has 2 aromatic rings. The lowest BCUT2D eigenvalue weighted by molar-refractivity contribution is -0.130. The van der Waals surface area contributed by atoms with E-state index in [1.165, 1.54) is 11.3 Å². The van der Waals surface area contributed by atoms with Gasteiger partial charge in [-0.3, -0.25) is 24.5 Å². The minimum Gasteiger partial charge on any atom is -0.370 e. The second-order valence-electron chi connectivity index (χ2n) is 10.1. The highest BCUT2D eigenvalue weighted by Crippen LogP contribution is 2.55. The van der Waals surface area contributed by atoms with Crippen LogP contribution in [0.2, 0.25) is 0 Å². The number of nitrogens with one attached hydrogen (secondary N) is 2. The molecule has 1 spiro atoms. The number of hydrogen-bond donors (Lipinski definition) is 3. The molecule has 9 nitrogen and oxygen atoms in total. The lowest BCUT2D eigenvalue weighted by atomic mass is 9.76. The number of hydrogen-bond acceptors (Lipinski definition) is 7. The predicted molar refractivity (Wildman–Crippen MR) is 132 cm³/mol. The van der Waals surface area contributed by atoms with E-state index in [2.05, 4.69) is 16.7 Å². The molecule has 4 amide bonds. The highest BCUT2D eigenvalue weighted by atomic mass is 32.1. The highest BCUT2D eigenvalue weighted by molar-refractivity contribution is 7.17. The maximum Gasteiger partial charge on any atom is 0.250 e. The molecule has 2 fully saturated rings. The van der Waals surface area contributed by atoms with Crippen LogP contribution in [0.3, 0.4) is 0 Å². The molecule has 1 aromatic heterocycles. The van der Waals surface area contributed by atoms with Crippen molar-refractivity contribution < 1.29 is 19.2 Å². The summed E-state index contributed by atoms with van der Waals surface area (Å²) in [6.07, 6.45) is 3.29. The number of rotatable bonds is 3. The van der Waals surface area contributed by atoms with Crippen molar-refractivity contribution in [2.45, 2.75) is 57.5 Å². The Morgan fingerprint density at radius 1 is 1.22 bits per heavy atom. The van der Waals surface area contributed by atoms with Gasteiger partial charge in [-0.25, -0.2) is 4.90 Å². The van der Waals surface area contributed by atoms with E-state index in [0.29, 0.717) is 21.8 Å². The lowest BCUT2D eigenvalue weighted by Crippen LogP contribution is -2.53. The summed E-state index contributed by atoms with van der Waals surface area (Å²) in [5, 5.41) is 16.5. The van der Waals surface area contributed by atoms with E-state index >= 15 is 0 Å². The molecular formula is C26H25N5O4S. The summed E-state index contributed by atoms with van der Waals surface area (Å²) in [7, 11) is 0. The Bertz CT molecular complexity index is 1440. The van der Waals surface area contributed by atoms with Crippen molar-refractivity contribution in [3.8, 4) is 6.07 Å². The number of carbonyl (C=O) groups is 4. The molecule has 6 rings (SSSR count). The quantitative estimate of drug-likeness (QED) is 0.546. The molecule has 0 saturated carbocycles. The summed E-state index contributed by atoms with van der Waals surface area (Å²) in [4.78, 5) is 55.8.